The Labute approximate surface area is 156 Å². The zero-order valence-corrected chi connectivity index (χ0v) is 15.5. The van der Waals surface area contributed by atoms with Crippen LogP contribution in [0, 0.1) is 0 Å². The van der Waals surface area contributed by atoms with Gasteiger partial charge < -0.3 is 19.7 Å². The third-order valence-electron chi connectivity index (χ3n) is 4.07. The summed E-state index contributed by atoms with van der Waals surface area (Å²) in [5.74, 6) is 0.512. The minimum absolute atomic E-state index is 0.0422. The van der Waals surface area contributed by atoms with Crippen LogP contribution in [0.1, 0.15) is 23.0 Å². The van der Waals surface area contributed by atoms with Gasteiger partial charge in [-0.2, -0.15) is 0 Å². The molecule has 0 aliphatic carbocycles. The van der Waals surface area contributed by atoms with Crippen molar-refractivity contribution in [3.63, 3.8) is 0 Å². The predicted molar refractivity (Wildman–Crippen MR) is 101 cm³/mol. The van der Waals surface area contributed by atoms with E-state index in [9.17, 15) is 9.59 Å². The number of carbonyl (C=O) groups excluding carboxylic acids is 2. The first kappa shape index (κ1) is 18.4. The van der Waals surface area contributed by atoms with Crippen molar-refractivity contribution in [2.75, 3.05) is 31.7 Å². The van der Waals surface area contributed by atoms with Gasteiger partial charge in [0, 0.05) is 24.7 Å². The minimum atomic E-state index is -0.270. The second-order valence-electron chi connectivity index (χ2n) is 5.92. The summed E-state index contributed by atoms with van der Waals surface area (Å²) in [5, 5.41) is 4.75. The quantitative estimate of drug-likeness (QED) is 0.844. The average molecular weight is 374 g/mol. The van der Waals surface area contributed by atoms with Gasteiger partial charge in [0.2, 0.25) is 5.91 Å². The number of rotatable bonds is 6. The molecule has 1 aliphatic rings. The highest BCUT2D eigenvalue weighted by Crippen LogP contribution is 2.20. The number of ether oxygens (including phenoxy) is 2. The topological polar surface area (TPSA) is 67.9 Å². The molecule has 0 radical (unpaired) electrons. The lowest BCUT2D eigenvalue weighted by atomic mass is 10.1. The summed E-state index contributed by atoms with van der Waals surface area (Å²) in [6.45, 7) is 3.83. The smallest absolute Gasteiger partial charge is 0.264 e. The lowest BCUT2D eigenvalue weighted by molar-refractivity contribution is -0.118. The predicted octanol–water partition coefficient (Wildman–Crippen LogP) is 3.02. The molecule has 1 saturated heterocycles. The number of nitrogens with one attached hydrogen (secondary N) is 1. The summed E-state index contributed by atoms with van der Waals surface area (Å²) in [6, 6.07) is 10.7. The van der Waals surface area contributed by atoms with Crippen LogP contribution in [0.5, 0.6) is 5.75 Å². The Bertz CT molecular complexity index is 748. The summed E-state index contributed by atoms with van der Waals surface area (Å²) in [4.78, 5) is 27.5. The number of benzene rings is 1. The van der Waals surface area contributed by atoms with Crippen molar-refractivity contribution in [2.24, 2.45) is 0 Å². The van der Waals surface area contributed by atoms with Crippen molar-refractivity contribution in [2.45, 2.75) is 19.4 Å². The molecule has 0 bridgehead atoms. The van der Waals surface area contributed by atoms with E-state index in [-0.39, 0.29) is 24.3 Å². The molecule has 1 aliphatic heterocycles. The van der Waals surface area contributed by atoms with Crippen LogP contribution in [0.25, 0.3) is 0 Å². The monoisotopic (exact) mass is 374 g/mol. The van der Waals surface area contributed by atoms with Gasteiger partial charge in [0.25, 0.3) is 5.91 Å². The van der Waals surface area contributed by atoms with Gasteiger partial charge in [0.1, 0.15) is 5.75 Å². The van der Waals surface area contributed by atoms with Gasteiger partial charge in [-0.3, -0.25) is 9.59 Å². The maximum atomic E-state index is 12.7. The molecule has 0 unspecified atom stereocenters. The zero-order valence-electron chi connectivity index (χ0n) is 14.6. The van der Waals surface area contributed by atoms with E-state index in [1.807, 2.05) is 36.6 Å². The highest BCUT2D eigenvalue weighted by molar-refractivity contribution is 7.12. The maximum Gasteiger partial charge on any atom is 0.264 e. The number of thiophene rings is 1. The fraction of sp³-hybridized carbons (Fsp3) is 0.368. The SMILES string of the molecule is CCOc1cccc(NC(=O)C[C@H]2COCCN2C(=O)c2cccs2)c1. The van der Waals surface area contributed by atoms with Gasteiger partial charge in [-0.05, 0) is 30.5 Å². The van der Waals surface area contributed by atoms with Crippen LogP contribution in [0.15, 0.2) is 41.8 Å². The molecule has 2 aromatic rings. The first-order chi connectivity index (χ1) is 12.7. The fourth-order valence-corrected chi connectivity index (χ4v) is 3.57. The molecular formula is C19H22N2O4S. The molecule has 7 heteroatoms. The highest BCUT2D eigenvalue weighted by atomic mass is 32.1. The zero-order chi connectivity index (χ0) is 18.4. The van der Waals surface area contributed by atoms with Crippen LogP contribution < -0.4 is 10.1 Å². The lowest BCUT2D eigenvalue weighted by Gasteiger charge is -2.35. The molecule has 0 spiro atoms. The fourth-order valence-electron chi connectivity index (χ4n) is 2.89. The molecule has 2 amide bonds. The van der Waals surface area contributed by atoms with Crippen molar-refractivity contribution in [3.05, 3.63) is 46.7 Å². The molecule has 138 valence electrons. The summed E-state index contributed by atoms with van der Waals surface area (Å²) in [5.41, 5.74) is 0.675. The molecule has 1 N–H and O–H groups in total. The largest absolute Gasteiger partial charge is 0.494 e. The Morgan fingerprint density at radius 3 is 3.00 bits per heavy atom. The van der Waals surface area contributed by atoms with Gasteiger partial charge >= 0.3 is 0 Å². The van der Waals surface area contributed by atoms with Crippen LogP contribution >= 0.6 is 11.3 Å². The normalized spacial score (nSPS) is 17.0. The van der Waals surface area contributed by atoms with E-state index in [1.165, 1.54) is 11.3 Å². The van der Waals surface area contributed by atoms with E-state index in [1.54, 1.807) is 17.0 Å². The first-order valence-corrected chi connectivity index (χ1v) is 9.50. The number of amides is 2. The first-order valence-electron chi connectivity index (χ1n) is 8.62. The van der Waals surface area contributed by atoms with Gasteiger partial charge in [0.05, 0.1) is 30.7 Å². The van der Waals surface area contributed by atoms with Crippen molar-refractivity contribution in [1.82, 2.24) is 4.90 Å². The third-order valence-corrected chi connectivity index (χ3v) is 4.93. The second-order valence-corrected chi connectivity index (χ2v) is 6.87. The Morgan fingerprint density at radius 2 is 2.23 bits per heavy atom. The Balaban J connectivity index is 1.63. The van der Waals surface area contributed by atoms with Crippen molar-refractivity contribution in [1.29, 1.82) is 0 Å². The molecule has 26 heavy (non-hydrogen) atoms. The van der Waals surface area contributed by atoms with E-state index in [0.29, 0.717) is 42.7 Å². The maximum absolute atomic E-state index is 12.7. The average Bonchev–Trinajstić information content (AvgIpc) is 3.17. The van der Waals surface area contributed by atoms with Crippen molar-refractivity contribution >= 4 is 28.8 Å². The van der Waals surface area contributed by atoms with Crippen LogP contribution in [0.3, 0.4) is 0 Å². The number of nitrogens with zero attached hydrogens (tertiary/aromatic N) is 1. The van der Waals surface area contributed by atoms with Crippen LogP contribution in [-0.4, -0.2) is 49.1 Å². The van der Waals surface area contributed by atoms with E-state index >= 15 is 0 Å². The Kier molecular flexibility index (Phi) is 6.25. The minimum Gasteiger partial charge on any atom is -0.494 e. The van der Waals surface area contributed by atoms with Crippen LogP contribution in [0.2, 0.25) is 0 Å². The number of anilines is 1. The number of hydrogen-bond acceptors (Lipinski definition) is 5. The second kappa shape index (κ2) is 8.82. The molecule has 2 heterocycles. The third kappa shape index (κ3) is 4.62. The molecule has 1 aromatic carbocycles. The van der Waals surface area contributed by atoms with E-state index < -0.39 is 0 Å². The van der Waals surface area contributed by atoms with E-state index in [2.05, 4.69) is 5.32 Å². The number of hydrogen-bond donors (Lipinski definition) is 1. The van der Waals surface area contributed by atoms with Gasteiger partial charge in [0.15, 0.2) is 0 Å². The molecule has 1 fully saturated rings. The number of morpholine rings is 1. The molecule has 0 saturated carbocycles. The van der Waals surface area contributed by atoms with Gasteiger partial charge in [-0.25, -0.2) is 0 Å². The summed E-state index contributed by atoms with van der Waals surface area (Å²) < 4.78 is 10.9. The molecular weight excluding hydrogens is 352 g/mol. The van der Waals surface area contributed by atoms with Crippen molar-refractivity contribution < 1.29 is 19.1 Å². The van der Waals surface area contributed by atoms with Crippen LogP contribution in [-0.2, 0) is 9.53 Å². The Hall–Kier alpha value is -2.38. The Morgan fingerprint density at radius 1 is 1.35 bits per heavy atom. The van der Waals surface area contributed by atoms with Gasteiger partial charge in [-0.15, -0.1) is 11.3 Å². The number of carbonyl (C=O) groups is 2. The molecule has 6 nitrogen and oxygen atoms in total. The van der Waals surface area contributed by atoms with E-state index in [0.717, 1.165) is 0 Å². The summed E-state index contributed by atoms with van der Waals surface area (Å²) in [6.07, 6.45) is 0.190. The van der Waals surface area contributed by atoms with Gasteiger partial charge in [-0.1, -0.05) is 12.1 Å². The molecule has 1 atom stereocenters. The van der Waals surface area contributed by atoms with Crippen molar-refractivity contribution in [3.8, 4) is 5.75 Å². The summed E-state index contributed by atoms with van der Waals surface area (Å²) >= 11 is 1.41. The highest BCUT2D eigenvalue weighted by Gasteiger charge is 2.30. The summed E-state index contributed by atoms with van der Waals surface area (Å²) in [7, 11) is 0. The standard InChI is InChI=1S/C19H22N2O4S/c1-2-25-16-6-3-5-14(11-16)20-18(22)12-15-13-24-9-8-21(15)19(23)17-7-4-10-26-17/h3-7,10-11,15H,2,8-9,12-13H2,1H3,(H,20,22)/t15-/m0/s1. The van der Waals surface area contributed by atoms with Crippen LogP contribution in [0.4, 0.5) is 5.69 Å². The van der Waals surface area contributed by atoms with E-state index in [4.69, 9.17) is 9.47 Å². The molecule has 3 rings (SSSR count). The molecule has 1 aromatic heterocycles. The lowest BCUT2D eigenvalue weighted by Crippen LogP contribution is -2.49.